The van der Waals surface area contributed by atoms with Crippen molar-refractivity contribution in [1.29, 1.82) is 5.26 Å². The zero-order chi connectivity index (χ0) is 33.1. The Morgan fingerprint density at radius 2 is 1.70 bits per heavy atom. The van der Waals surface area contributed by atoms with Gasteiger partial charge in [-0.05, 0) is 93.1 Å². The Labute approximate surface area is 299 Å². The molecule has 232 valence electrons. The first-order valence-electron chi connectivity index (χ1n) is 13.9. The second-order valence-electron chi connectivity index (χ2n) is 9.58. The number of hydrogen-bond donors (Lipinski definition) is 1. The summed E-state index contributed by atoms with van der Waals surface area (Å²) < 4.78 is 6.96. The molecule has 0 radical (unpaired) electrons. The Hall–Kier alpha value is -4.00. The van der Waals surface area contributed by atoms with Crippen LogP contribution in [0.25, 0.3) is 6.08 Å². The summed E-state index contributed by atoms with van der Waals surface area (Å²) >= 11 is 5.17. The molecule has 1 aliphatic heterocycles. The molecule has 4 rings (SSSR count). The van der Waals surface area contributed by atoms with Gasteiger partial charge in [0.25, 0.3) is 11.8 Å². The molecule has 0 saturated heterocycles. The maximum Gasteiger partial charge on any atom is 0.285 e. The monoisotopic (exact) mass is 854 g/mol. The summed E-state index contributed by atoms with van der Waals surface area (Å²) in [4.78, 5) is 46.2. The Bertz CT molecular complexity index is 1740. The Morgan fingerprint density at radius 1 is 1.09 bits per heavy atom. The van der Waals surface area contributed by atoms with Gasteiger partial charge in [-0.25, -0.2) is 0 Å². The topological polar surface area (TPSA) is 112 Å². The molecule has 0 aliphatic carbocycles. The minimum atomic E-state index is -0.714. The summed E-state index contributed by atoms with van der Waals surface area (Å²) in [6.07, 6.45) is 8.14. The summed E-state index contributed by atoms with van der Waals surface area (Å²) in [5.74, 6) is -1.12. The van der Waals surface area contributed by atoms with Gasteiger partial charge in [0.2, 0.25) is 5.91 Å². The van der Waals surface area contributed by atoms with Gasteiger partial charge in [-0.2, -0.15) is 10.3 Å². The molecule has 1 heterocycles. The third-order valence-electron chi connectivity index (χ3n) is 6.53. The van der Waals surface area contributed by atoms with E-state index in [1.165, 1.54) is 11.0 Å². The van der Waals surface area contributed by atoms with Gasteiger partial charge >= 0.3 is 0 Å². The molecule has 11 heteroatoms. The van der Waals surface area contributed by atoms with E-state index in [9.17, 15) is 14.4 Å². The van der Waals surface area contributed by atoms with Gasteiger partial charge in [0.15, 0.2) is 11.8 Å². The van der Waals surface area contributed by atoms with Crippen LogP contribution in [0.3, 0.4) is 0 Å². The van der Waals surface area contributed by atoms with Gasteiger partial charge in [0, 0.05) is 5.70 Å². The molecule has 0 aromatic heterocycles. The lowest BCUT2D eigenvalue weighted by Gasteiger charge is -2.28. The lowest BCUT2D eigenvalue weighted by atomic mass is 9.99. The molecule has 0 atom stereocenters. The van der Waals surface area contributed by atoms with E-state index in [4.69, 9.17) is 10.00 Å². The Balaban J connectivity index is 1.63. The standard InChI is InChI=1S/C35H28I2N4O4S/c1-3-5-16-26(4-2)41-34(44)27(19-23-20-28(36)32(29(37)21-23)45-18-17-38)33(43)40-35(41)46-22-30(42)39-31(24-12-8-6-9-13-24)25-14-10-7-11-15-25/h3-16,19-21,31H,1,18,22H2,2H3,(H,39,42)/b16-5-,26-4+,27-19+. The van der Waals surface area contributed by atoms with Crippen molar-refractivity contribution in [2.45, 2.75) is 13.0 Å². The number of halogens is 2. The van der Waals surface area contributed by atoms with Crippen molar-refractivity contribution in [3.63, 3.8) is 0 Å². The molecular weight excluding hydrogens is 826 g/mol. The second kappa shape index (κ2) is 17.1. The highest BCUT2D eigenvalue weighted by atomic mass is 127. The zero-order valence-electron chi connectivity index (χ0n) is 24.7. The van der Waals surface area contributed by atoms with E-state index in [0.29, 0.717) is 17.0 Å². The largest absolute Gasteiger partial charge is 0.477 e. The summed E-state index contributed by atoms with van der Waals surface area (Å²) in [6, 6.07) is 24.4. The predicted molar refractivity (Wildman–Crippen MR) is 199 cm³/mol. The highest BCUT2D eigenvalue weighted by Crippen LogP contribution is 2.32. The first-order valence-corrected chi connectivity index (χ1v) is 17.1. The first kappa shape index (κ1) is 34.9. The second-order valence-corrected chi connectivity index (χ2v) is 12.8. The van der Waals surface area contributed by atoms with Crippen LogP contribution < -0.4 is 10.1 Å². The van der Waals surface area contributed by atoms with E-state index < -0.39 is 11.8 Å². The molecule has 3 amide bonds. The van der Waals surface area contributed by atoms with Crippen LogP contribution in [0.2, 0.25) is 0 Å². The molecule has 1 N–H and O–H groups in total. The minimum Gasteiger partial charge on any atom is -0.477 e. The molecule has 1 aliphatic rings. The summed E-state index contributed by atoms with van der Waals surface area (Å²) in [5.41, 5.74) is 2.76. The van der Waals surface area contributed by atoms with Crippen LogP contribution in [0, 0.1) is 18.5 Å². The highest BCUT2D eigenvalue weighted by molar-refractivity contribution is 14.1. The maximum atomic E-state index is 14.0. The van der Waals surface area contributed by atoms with Crippen molar-refractivity contribution in [3.8, 4) is 11.8 Å². The molecule has 0 saturated carbocycles. The van der Waals surface area contributed by atoms with Crippen LogP contribution in [0.1, 0.15) is 29.7 Å². The minimum absolute atomic E-state index is 0.0875. The van der Waals surface area contributed by atoms with Crippen LogP contribution in [0.4, 0.5) is 0 Å². The molecule has 0 spiro atoms. The number of nitrogens with one attached hydrogen (secondary N) is 1. The molecule has 0 unspecified atom stereocenters. The summed E-state index contributed by atoms with van der Waals surface area (Å²) in [7, 11) is 0. The average Bonchev–Trinajstić information content (AvgIpc) is 3.06. The lowest BCUT2D eigenvalue weighted by Crippen LogP contribution is -2.42. The van der Waals surface area contributed by atoms with E-state index in [0.717, 1.165) is 30.0 Å². The van der Waals surface area contributed by atoms with Crippen molar-refractivity contribution < 1.29 is 19.1 Å². The van der Waals surface area contributed by atoms with Crippen molar-refractivity contribution in [3.05, 3.63) is 139 Å². The number of rotatable bonds is 11. The molecule has 3 aromatic rings. The SMILES string of the molecule is C=C/C=C\C(=C/C)N1C(=O)/C(=C/c2cc(I)c(OCC#N)c(I)c2)C(=O)N=C1SCC(=O)NC(c1ccccc1)c1ccccc1. The number of nitriles is 1. The normalized spacial score (nSPS) is 14.4. The maximum absolute atomic E-state index is 14.0. The Morgan fingerprint density at radius 3 is 2.24 bits per heavy atom. The fourth-order valence-corrected chi connectivity index (χ4v) is 7.40. The van der Waals surface area contributed by atoms with Crippen molar-refractivity contribution in [2.24, 2.45) is 4.99 Å². The molecule has 46 heavy (non-hydrogen) atoms. The number of aliphatic imine (C=N–C) groups is 1. The van der Waals surface area contributed by atoms with Gasteiger partial charge in [-0.1, -0.05) is 97.2 Å². The van der Waals surface area contributed by atoms with E-state index in [-0.39, 0.29) is 35.0 Å². The van der Waals surface area contributed by atoms with E-state index in [2.05, 4.69) is 62.1 Å². The number of ether oxygens (including phenoxy) is 1. The van der Waals surface area contributed by atoms with Gasteiger partial charge in [-0.15, -0.1) is 0 Å². The number of hydrogen-bond acceptors (Lipinski definition) is 6. The van der Waals surface area contributed by atoms with Crippen molar-refractivity contribution in [1.82, 2.24) is 10.2 Å². The molecular formula is C35H28I2N4O4S. The molecule has 0 fully saturated rings. The van der Waals surface area contributed by atoms with Crippen LogP contribution in [-0.2, 0) is 14.4 Å². The first-order chi connectivity index (χ1) is 22.3. The smallest absolute Gasteiger partial charge is 0.285 e. The fourth-order valence-electron chi connectivity index (χ4n) is 4.47. The molecule has 0 bridgehead atoms. The van der Waals surface area contributed by atoms with E-state index in [1.54, 1.807) is 43.4 Å². The molecule has 3 aromatic carbocycles. The van der Waals surface area contributed by atoms with E-state index in [1.807, 2.05) is 66.7 Å². The number of thioether (sulfide) groups is 1. The van der Waals surface area contributed by atoms with Crippen LogP contribution in [-0.4, -0.2) is 40.1 Å². The summed E-state index contributed by atoms with van der Waals surface area (Å²) in [6.45, 7) is 5.37. The number of benzene rings is 3. The third-order valence-corrected chi connectivity index (χ3v) is 9.07. The number of allylic oxidation sites excluding steroid dienone is 4. The van der Waals surface area contributed by atoms with Gasteiger partial charge in [-0.3, -0.25) is 19.3 Å². The number of carbonyl (C=O) groups excluding carboxylic acids is 3. The van der Waals surface area contributed by atoms with Crippen LogP contribution in [0.15, 0.2) is 120 Å². The van der Waals surface area contributed by atoms with Crippen LogP contribution in [0.5, 0.6) is 5.75 Å². The average molecular weight is 855 g/mol. The number of amidine groups is 1. The van der Waals surface area contributed by atoms with Gasteiger partial charge in [0.1, 0.15) is 17.4 Å². The predicted octanol–water partition coefficient (Wildman–Crippen LogP) is 7.19. The quantitative estimate of drug-likeness (QED) is 0.0947. The van der Waals surface area contributed by atoms with Gasteiger partial charge in [0.05, 0.1) is 18.9 Å². The number of amides is 3. The van der Waals surface area contributed by atoms with Crippen molar-refractivity contribution in [2.75, 3.05) is 12.4 Å². The Kier molecular flexibility index (Phi) is 12.9. The molecule has 8 nitrogen and oxygen atoms in total. The van der Waals surface area contributed by atoms with Crippen LogP contribution >= 0.6 is 56.9 Å². The zero-order valence-corrected chi connectivity index (χ0v) is 29.8. The highest BCUT2D eigenvalue weighted by Gasteiger charge is 2.35. The van der Waals surface area contributed by atoms with Gasteiger partial charge < -0.3 is 10.1 Å². The number of carbonyl (C=O) groups is 3. The lowest BCUT2D eigenvalue weighted by molar-refractivity contribution is -0.126. The summed E-state index contributed by atoms with van der Waals surface area (Å²) in [5, 5.41) is 12.1. The fraction of sp³-hybridized carbons (Fsp3) is 0.114. The van der Waals surface area contributed by atoms with E-state index >= 15 is 0 Å². The van der Waals surface area contributed by atoms with Crippen molar-refractivity contribution >= 4 is 85.9 Å². The third kappa shape index (κ3) is 8.83. The number of nitrogens with zero attached hydrogens (tertiary/aromatic N) is 3.